The molecule has 0 aliphatic carbocycles. The first-order valence-electron chi connectivity index (χ1n) is 10.6. The fraction of sp³-hybridized carbons (Fsp3) is 0.682. The first kappa shape index (κ1) is 23.1. The largest absolute Gasteiger partial charge is 0.497 e. The fourth-order valence-electron chi connectivity index (χ4n) is 3.43. The summed E-state index contributed by atoms with van der Waals surface area (Å²) in [6, 6.07) is 7.00. The summed E-state index contributed by atoms with van der Waals surface area (Å²) < 4.78 is 10.8. The van der Waals surface area contributed by atoms with Gasteiger partial charge in [-0.05, 0) is 46.7 Å². The van der Waals surface area contributed by atoms with Gasteiger partial charge in [-0.2, -0.15) is 0 Å². The van der Waals surface area contributed by atoms with E-state index in [-0.39, 0.29) is 0 Å². The molecular weight excluding hydrogens is 366 g/mol. The van der Waals surface area contributed by atoms with Crippen molar-refractivity contribution in [1.29, 1.82) is 0 Å². The molecule has 0 bridgehead atoms. The zero-order chi connectivity index (χ0) is 21.2. The van der Waals surface area contributed by atoms with Crippen LogP contribution in [0.1, 0.15) is 33.1 Å². The minimum atomic E-state index is 0.366. The van der Waals surface area contributed by atoms with E-state index in [1.165, 1.54) is 6.42 Å². The molecule has 0 aromatic heterocycles. The molecule has 2 N–H and O–H groups in total. The average Bonchev–Trinajstić information content (AvgIpc) is 3.20. The van der Waals surface area contributed by atoms with Crippen LogP contribution in [0.15, 0.2) is 23.2 Å². The number of benzene rings is 1. The van der Waals surface area contributed by atoms with Gasteiger partial charge in [0.15, 0.2) is 5.96 Å². The molecule has 1 aliphatic rings. The topological polar surface area (TPSA) is 61.4 Å². The number of anilines is 1. The lowest BCUT2D eigenvalue weighted by Crippen LogP contribution is -2.45. The van der Waals surface area contributed by atoms with Gasteiger partial charge in [-0.15, -0.1) is 0 Å². The first-order chi connectivity index (χ1) is 14.0. The maximum atomic E-state index is 5.40. The van der Waals surface area contributed by atoms with Gasteiger partial charge in [-0.3, -0.25) is 4.99 Å². The number of aliphatic imine (C=N–C) groups is 1. The van der Waals surface area contributed by atoms with Gasteiger partial charge < -0.3 is 29.9 Å². The van der Waals surface area contributed by atoms with Crippen molar-refractivity contribution in [2.75, 3.05) is 59.4 Å². The lowest BCUT2D eigenvalue weighted by Gasteiger charge is -2.22. The number of hydrogen-bond donors (Lipinski definition) is 2. The Bertz CT molecular complexity index is 628. The van der Waals surface area contributed by atoms with Gasteiger partial charge in [0, 0.05) is 62.7 Å². The van der Waals surface area contributed by atoms with E-state index in [9.17, 15) is 0 Å². The van der Waals surface area contributed by atoms with Crippen LogP contribution in [0, 0.1) is 0 Å². The predicted octanol–water partition coefficient (Wildman–Crippen LogP) is 2.57. The standard InChI is InChI=1S/C22H39N5O2/c1-17(2)26(4)11-8-7-10-24-22(23-3)25-18-9-12-27(16-18)19-13-20(28-5)15-21(14-19)29-6/h13-15,17-18H,7-12,16H2,1-6H3,(H2,23,24,25). The average molecular weight is 406 g/mol. The van der Waals surface area contributed by atoms with Crippen LogP contribution < -0.4 is 25.0 Å². The van der Waals surface area contributed by atoms with Crippen LogP contribution in [0.25, 0.3) is 0 Å². The van der Waals surface area contributed by atoms with Crippen molar-refractivity contribution in [3.8, 4) is 11.5 Å². The van der Waals surface area contributed by atoms with E-state index >= 15 is 0 Å². The first-order valence-corrected chi connectivity index (χ1v) is 10.6. The molecule has 1 aromatic rings. The third-order valence-corrected chi connectivity index (χ3v) is 5.57. The molecule has 7 heteroatoms. The van der Waals surface area contributed by atoms with E-state index in [0.717, 1.165) is 62.2 Å². The Labute approximate surface area is 176 Å². The third kappa shape index (κ3) is 7.31. The molecule has 0 amide bonds. The maximum Gasteiger partial charge on any atom is 0.191 e. The molecule has 29 heavy (non-hydrogen) atoms. The van der Waals surface area contributed by atoms with Crippen LogP contribution in [0.5, 0.6) is 11.5 Å². The van der Waals surface area contributed by atoms with Crippen molar-refractivity contribution in [3.05, 3.63) is 18.2 Å². The molecule has 0 spiro atoms. The number of rotatable bonds is 10. The Kier molecular flexibility index (Phi) is 9.38. The second-order valence-corrected chi connectivity index (χ2v) is 7.93. The quantitative estimate of drug-likeness (QED) is 0.354. The Morgan fingerprint density at radius 2 is 1.90 bits per heavy atom. The van der Waals surface area contributed by atoms with Crippen LogP contribution in [-0.4, -0.2) is 77.4 Å². The summed E-state index contributed by atoms with van der Waals surface area (Å²) in [7, 11) is 7.39. The summed E-state index contributed by atoms with van der Waals surface area (Å²) in [5.41, 5.74) is 1.13. The monoisotopic (exact) mass is 405 g/mol. The second-order valence-electron chi connectivity index (χ2n) is 7.93. The minimum Gasteiger partial charge on any atom is -0.497 e. The molecular formula is C22H39N5O2. The molecule has 1 unspecified atom stereocenters. The van der Waals surface area contributed by atoms with E-state index in [0.29, 0.717) is 12.1 Å². The molecule has 1 saturated heterocycles. The van der Waals surface area contributed by atoms with E-state index in [2.05, 4.69) is 58.5 Å². The van der Waals surface area contributed by atoms with Crippen LogP contribution >= 0.6 is 0 Å². The lowest BCUT2D eigenvalue weighted by molar-refractivity contribution is 0.268. The molecule has 1 aromatic carbocycles. The highest BCUT2D eigenvalue weighted by molar-refractivity contribution is 5.80. The lowest BCUT2D eigenvalue weighted by atomic mass is 10.2. The van der Waals surface area contributed by atoms with Crippen LogP contribution in [0.4, 0.5) is 5.69 Å². The Hall–Kier alpha value is -2.15. The van der Waals surface area contributed by atoms with Gasteiger partial charge in [0.25, 0.3) is 0 Å². The van der Waals surface area contributed by atoms with Crippen LogP contribution in [-0.2, 0) is 0 Å². The summed E-state index contributed by atoms with van der Waals surface area (Å²) in [6.45, 7) is 8.46. The van der Waals surface area contributed by atoms with Gasteiger partial charge in [0.1, 0.15) is 11.5 Å². The van der Waals surface area contributed by atoms with Crippen molar-refractivity contribution in [3.63, 3.8) is 0 Å². The fourth-order valence-corrected chi connectivity index (χ4v) is 3.43. The van der Waals surface area contributed by atoms with Crippen molar-refractivity contribution in [2.24, 2.45) is 4.99 Å². The van der Waals surface area contributed by atoms with Gasteiger partial charge in [-0.1, -0.05) is 0 Å². The number of nitrogens with zero attached hydrogens (tertiary/aromatic N) is 3. The second kappa shape index (κ2) is 11.8. The highest BCUT2D eigenvalue weighted by atomic mass is 16.5. The van der Waals surface area contributed by atoms with Crippen molar-refractivity contribution >= 4 is 11.6 Å². The molecule has 1 heterocycles. The minimum absolute atomic E-state index is 0.366. The molecule has 164 valence electrons. The molecule has 1 fully saturated rings. The third-order valence-electron chi connectivity index (χ3n) is 5.57. The van der Waals surface area contributed by atoms with Gasteiger partial charge in [-0.25, -0.2) is 0 Å². The highest BCUT2D eigenvalue weighted by Gasteiger charge is 2.24. The van der Waals surface area contributed by atoms with E-state index in [1.54, 1.807) is 14.2 Å². The Morgan fingerprint density at radius 1 is 1.21 bits per heavy atom. The Balaban J connectivity index is 1.78. The number of ether oxygens (including phenoxy) is 2. The Morgan fingerprint density at radius 3 is 2.48 bits per heavy atom. The number of methoxy groups -OCH3 is 2. The number of unbranched alkanes of at least 4 members (excludes halogenated alkanes) is 1. The van der Waals surface area contributed by atoms with Gasteiger partial charge in [0.05, 0.1) is 14.2 Å². The van der Waals surface area contributed by atoms with Crippen molar-refractivity contribution in [1.82, 2.24) is 15.5 Å². The zero-order valence-corrected chi connectivity index (χ0v) is 19.0. The van der Waals surface area contributed by atoms with Crippen LogP contribution in [0.2, 0.25) is 0 Å². The summed E-state index contributed by atoms with van der Waals surface area (Å²) in [5.74, 6) is 2.52. The van der Waals surface area contributed by atoms with Crippen LogP contribution in [0.3, 0.4) is 0 Å². The molecule has 0 saturated carbocycles. The molecule has 7 nitrogen and oxygen atoms in total. The SMILES string of the molecule is CN=C(NCCCCN(C)C(C)C)NC1CCN(c2cc(OC)cc(OC)c2)C1. The van der Waals surface area contributed by atoms with Gasteiger partial charge >= 0.3 is 0 Å². The summed E-state index contributed by atoms with van der Waals surface area (Å²) in [4.78, 5) is 9.13. The highest BCUT2D eigenvalue weighted by Crippen LogP contribution is 2.30. The maximum absolute atomic E-state index is 5.40. The smallest absolute Gasteiger partial charge is 0.191 e. The van der Waals surface area contributed by atoms with Crippen molar-refractivity contribution < 1.29 is 9.47 Å². The normalized spacial score (nSPS) is 17.2. The van der Waals surface area contributed by atoms with Crippen molar-refractivity contribution in [2.45, 2.75) is 45.2 Å². The molecule has 1 aliphatic heterocycles. The summed E-state index contributed by atoms with van der Waals surface area (Å²) in [6.07, 6.45) is 3.39. The summed E-state index contributed by atoms with van der Waals surface area (Å²) in [5, 5.41) is 7.02. The molecule has 0 radical (unpaired) electrons. The number of hydrogen-bond acceptors (Lipinski definition) is 5. The zero-order valence-electron chi connectivity index (χ0n) is 19.0. The molecule has 2 rings (SSSR count). The number of nitrogens with one attached hydrogen (secondary N) is 2. The van der Waals surface area contributed by atoms with E-state index in [4.69, 9.17) is 9.47 Å². The number of guanidine groups is 1. The predicted molar refractivity (Wildman–Crippen MR) is 122 cm³/mol. The summed E-state index contributed by atoms with van der Waals surface area (Å²) >= 11 is 0. The van der Waals surface area contributed by atoms with Gasteiger partial charge in [0.2, 0.25) is 0 Å². The van der Waals surface area contributed by atoms with E-state index < -0.39 is 0 Å². The van der Waals surface area contributed by atoms with E-state index in [1.807, 2.05) is 13.1 Å². The molecule has 1 atom stereocenters.